The summed E-state index contributed by atoms with van der Waals surface area (Å²) in [6, 6.07) is 3.54. The number of carbonyl (C=O) groups excluding carboxylic acids is 1. The van der Waals surface area contributed by atoms with Gasteiger partial charge in [0.2, 0.25) is 0 Å². The molecule has 0 fully saturated rings. The number of aliphatic hydroxyl groups excluding tert-OH is 1. The number of furan rings is 1. The molecule has 0 saturated carbocycles. The average Bonchev–Trinajstić information content (AvgIpc) is 3.11. The van der Waals surface area contributed by atoms with Crippen molar-refractivity contribution >= 4 is 22.6 Å². The van der Waals surface area contributed by atoms with Gasteiger partial charge >= 0.3 is 6.09 Å². The van der Waals surface area contributed by atoms with Crippen LogP contribution in [0.3, 0.4) is 0 Å². The summed E-state index contributed by atoms with van der Waals surface area (Å²) >= 11 is 1.24. The number of amides is 1. The van der Waals surface area contributed by atoms with Gasteiger partial charge in [-0.2, -0.15) is 0 Å². The molecular formula is C17H24N2O4S. The van der Waals surface area contributed by atoms with Gasteiger partial charge in [-0.25, -0.2) is 9.78 Å². The van der Waals surface area contributed by atoms with Crippen molar-refractivity contribution in [2.24, 2.45) is 0 Å². The van der Waals surface area contributed by atoms with E-state index < -0.39 is 17.8 Å². The first kappa shape index (κ1) is 18.5. The Morgan fingerprint density at radius 2 is 2.25 bits per heavy atom. The predicted molar refractivity (Wildman–Crippen MR) is 94.2 cm³/mol. The van der Waals surface area contributed by atoms with E-state index in [1.54, 1.807) is 39.2 Å². The minimum absolute atomic E-state index is 0.376. The number of thiazole rings is 1. The summed E-state index contributed by atoms with van der Waals surface area (Å²) in [7, 11) is 0. The quantitative estimate of drug-likeness (QED) is 0.766. The van der Waals surface area contributed by atoms with Crippen molar-refractivity contribution in [1.82, 2.24) is 4.98 Å². The summed E-state index contributed by atoms with van der Waals surface area (Å²) in [5.41, 5.74) is -0.0334. The lowest BCUT2D eigenvalue weighted by molar-refractivity contribution is 0.0636. The van der Waals surface area contributed by atoms with E-state index in [9.17, 15) is 9.90 Å². The van der Waals surface area contributed by atoms with Crippen LogP contribution in [0.4, 0.5) is 9.93 Å². The molecule has 0 radical (unpaired) electrons. The van der Waals surface area contributed by atoms with Gasteiger partial charge in [-0.3, -0.25) is 5.32 Å². The van der Waals surface area contributed by atoms with Crippen molar-refractivity contribution in [2.75, 3.05) is 5.32 Å². The summed E-state index contributed by atoms with van der Waals surface area (Å²) in [5.74, 6) is 0.564. The first-order valence-electron chi connectivity index (χ1n) is 8.03. The molecule has 2 aromatic rings. The zero-order valence-electron chi connectivity index (χ0n) is 14.5. The molecule has 2 rings (SSSR count). The first-order chi connectivity index (χ1) is 11.3. The van der Waals surface area contributed by atoms with Gasteiger partial charge < -0.3 is 14.3 Å². The van der Waals surface area contributed by atoms with E-state index in [1.807, 2.05) is 0 Å². The molecule has 2 aromatic heterocycles. The fraction of sp³-hybridized carbons (Fsp3) is 0.529. The van der Waals surface area contributed by atoms with Gasteiger partial charge in [0, 0.05) is 0 Å². The topological polar surface area (TPSA) is 84.6 Å². The van der Waals surface area contributed by atoms with Gasteiger partial charge in [0.25, 0.3) is 0 Å². The number of hydrogen-bond acceptors (Lipinski definition) is 6. The number of unbranched alkanes of at least 4 members (excludes halogenated alkanes) is 1. The SMILES string of the molecule is CCCCC(O)c1sc(NC(=O)OC(C)(C)C)nc1-c1ccco1. The Morgan fingerprint density at radius 1 is 1.50 bits per heavy atom. The van der Waals surface area contributed by atoms with Gasteiger partial charge in [-0.05, 0) is 39.3 Å². The Morgan fingerprint density at radius 3 is 2.83 bits per heavy atom. The molecule has 1 atom stereocenters. The van der Waals surface area contributed by atoms with E-state index in [-0.39, 0.29) is 0 Å². The molecule has 6 nitrogen and oxygen atoms in total. The smallest absolute Gasteiger partial charge is 0.413 e. The molecular weight excluding hydrogens is 328 g/mol. The number of hydrogen-bond donors (Lipinski definition) is 2. The van der Waals surface area contributed by atoms with Crippen LogP contribution in [0.25, 0.3) is 11.5 Å². The molecule has 0 aromatic carbocycles. The van der Waals surface area contributed by atoms with E-state index in [4.69, 9.17) is 9.15 Å². The third-order valence-electron chi connectivity index (χ3n) is 3.15. The molecule has 1 unspecified atom stereocenters. The lowest BCUT2D eigenvalue weighted by Crippen LogP contribution is -2.27. The Bertz CT molecular complexity index is 659. The molecule has 132 valence electrons. The number of aromatic nitrogens is 1. The molecule has 24 heavy (non-hydrogen) atoms. The number of rotatable bonds is 6. The first-order valence-corrected chi connectivity index (χ1v) is 8.84. The van der Waals surface area contributed by atoms with Crippen LogP contribution < -0.4 is 5.32 Å². The van der Waals surface area contributed by atoms with Crippen molar-refractivity contribution in [3.63, 3.8) is 0 Å². The van der Waals surface area contributed by atoms with Crippen molar-refractivity contribution in [3.05, 3.63) is 23.3 Å². The summed E-state index contributed by atoms with van der Waals surface area (Å²) < 4.78 is 10.6. The van der Waals surface area contributed by atoms with E-state index in [0.717, 1.165) is 12.8 Å². The van der Waals surface area contributed by atoms with Crippen LogP contribution in [0.5, 0.6) is 0 Å². The Hall–Kier alpha value is -1.86. The number of carbonyl (C=O) groups is 1. The minimum atomic E-state index is -0.642. The third-order valence-corrected chi connectivity index (χ3v) is 4.22. The predicted octanol–water partition coefficient (Wildman–Crippen LogP) is 4.97. The molecule has 0 bridgehead atoms. The second-order valence-corrected chi connectivity index (χ2v) is 7.52. The summed E-state index contributed by atoms with van der Waals surface area (Å²) in [6.07, 6.45) is 2.88. The molecule has 0 spiro atoms. The van der Waals surface area contributed by atoms with Crippen LogP contribution in [-0.4, -0.2) is 21.8 Å². The van der Waals surface area contributed by atoms with Crippen molar-refractivity contribution in [3.8, 4) is 11.5 Å². The maximum Gasteiger partial charge on any atom is 0.413 e. The number of nitrogens with zero attached hydrogens (tertiary/aromatic N) is 1. The van der Waals surface area contributed by atoms with Crippen LogP contribution >= 0.6 is 11.3 Å². The highest BCUT2D eigenvalue weighted by atomic mass is 32.1. The third kappa shape index (κ3) is 5.07. The molecule has 0 aliphatic rings. The van der Waals surface area contributed by atoms with Crippen molar-refractivity contribution in [1.29, 1.82) is 0 Å². The molecule has 0 aliphatic heterocycles. The van der Waals surface area contributed by atoms with Gasteiger partial charge in [0.05, 0.1) is 17.2 Å². The molecule has 1 amide bonds. The lowest BCUT2D eigenvalue weighted by Gasteiger charge is -2.18. The second kappa shape index (κ2) is 7.81. The summed E-state index contributed by atoms with van der Waals surface area (Å²) in [4.78, 5) is 17.0. The van der Waals surface area contributed by atoms with E-state index >= 15 is 0 Å². The minimum Gasteiger partial charge on any atom is -0.463 e. The molecule has 2 heterocycles. The van der Waals surface area contributed by atoms with Gasteiger partial charge in [-0.15, -0.1) is 0 Å². The van der Waals surface area contributed by atoms with Crippen molar-refractivity contribution < 1.29 is 19.1 Å². The highest BCUT2D eigenvalue weighted by Gasteiger charge is 2.23. The number of aliphatic hydroxyl groups is 1. The molecule has 0 aliphatic carbocycles. The highest BCUT2D eigenvalue weighted by Crippen LogP contribution is 2.37. The Kier molecular flexibility index (Phi) is 6.01. The molecule has 0 saturated heterocycles. The fourth-order valence-electron chi connectivity index (χ4n) is 2.12. The second-order valence-electron chi connectivity index (χ2n) is 6.49. The molecule has 2 N–H and O–H groups in total. The van der Waals surface area contributed by atoms with Gasteiger partial charge in [-0.1, -0.05) is 31.1 Å². The van der Waals surface area contributed by atoms with E-state index in [1.165, 1.54) is 11.3 Å². The normalized spacial score (nSPS) is 12.9. The zero-order valence-corrected chi connectivity index (χ0v) is 15.3. The Balaban J connectivity index is 2.23. The molecule has 7 heteroatoms. The monoisotopic (exact) mass is 352 g/mol. The van der Waals surface area contributed by atoms with Crippen LogP contribution in [0, 0.1) is 0 Å². The van der Waals surface area contributed by atoms with Crippen LogP contribution in [0.2, 0.25) is 0 Å². The fourth-order valence-corrected chi connectivity index (χ4v) is 3.10. The highest BCUT2D eigenvalue weighted by molar-refractivity contribution is 7.16. The number of ether oxygens (including phenoxy) is 1. The Labute approximate surface area is 145 Å². The van der Waals surface area contributed by atoms with Crippen LogP contribution in [0.15, 0.2) is 22.8 Å². The van der Waals surface area contributed by atoms with Crippen LogP contribution in [0.1, 0.15) is 57.9 Å². The maximum atomic E-state index is 11.9. The van der Waals surface area contributed by atoms with Crippen molar-refractivity contribution in [2.45, 2.75) is 58.7 Å². The standard InChI is InChI=1S/C17H24N2O4S/c1-5-6-8-11(20)14-13(12-9-7-10-22-12)18-15(24-14)19-16(21)23-17(2,3)4/h7,9-11,20H,5-6,8H2,1-4H3,(H,18,19,21). The summed E-state index contributed by atoms with van der Waals surface area (Å²) in [6.45, 7) is 7.45. The largest absolute Gasteiger partial charge is 0.463 e. The van der Waals surface area contributed by atoms with Gasteiger partial charge in [0.1, 0.15) is 11.3 Å². The number of anilines is 1. The summed E-state index contributed by atoms with van der Waals surface area (Å²) in [5, 5.41) is 13.5. The van der Waals surface area contributed by atoms with E-state index in [2.05, 4.69) is 17.2 Å². The number of nitrogens with one attached hydrogen (secondary N) is 1. The lowest BCUT2D eigenvalue weighted by atomic mass is 10.1. The zero-order chi connectivity index (χ0) is 17.7. The van der Waals surface area contributed by atoms with Gasteiger partial charge in [0.15, 0.2) is 10.9 Å². The maximum absolute atomic E-state index is 11.9. The van der Waals surface area contributed by atoms with E-state index in [0.29, 0.717) is 27.9 Å². The van der Waals surface area contributed by atoms with Crippen LogP contribution in [-0.2, 0) is 4.74 Å². The average molecular weight is 352 g/mol.